The predicted molar refractivity (Wildman–Crippen MR) is 74.4 cm³/mol. The topological polar surface area (TPSA) is 59.0 Å². The number of fused-ring (bicyclic) bond motifs is 1. The smallest absolute Gasteiger partial charge is 0.275 e. The molecule has 0 saturated carbocycles. The Morgan fingerprint density at radius 1 is 1.50 bits per heavy atom. The Hall–Kier alpha value is -2.37. The molecule has 0 bridgehead atoms. The van der Waals surface area contributed by atoms with Crippen molar-refractivity contribution in [3.05, 3.63) is 41.5 Å². The van der Waals surface area contributed by atoms with Crippen LogP contribution in [0.1, 0.15) is 22.5 Å². The van der Waals surface area contributed by atoms with E-state index in [9.17, 15) is 9.18 Å². The summed E-state index contributed by atoms with van der Waals surface area (Å²) in [5.41, 5.74) is 1.41. The van der Waals surface area contributed by atoms with E-state index < -0.39 is 0 Å². The summed E-state index contributed by atoms with van der Waals surface area (Å²) in [5.74, 6) is 0.140. The van der Waals surface area contributed by atoms with Gasteiger partial charge in [0.25, 0.3) is 5.91 Å². The molecule has 5 nitrogen and oxygen atoms in total. The fraction of sp³-hybridized carbons (Fsp3) is 0.286. The van der Waals surface area contributed by atoms with Crippen LogP contribution in [-0.2, 0) is 6.54 Å². The maximum absolute atomic E-state index is 13.2. The molecule has 2 aromatic rings. The van der Waals surface area contributed by atoms with Crippen molar-refractivity contribution in [2.45, 2.75) is 19.9 Å². The van der Waals surface area contributed by atoms with Crippen molar-refractivity contribution in [1.29, 1.82) is 0 Å². The fourth-order valence-corrected chi connectivity index (χ4v) is 2.20. The highest BCUT2D eigenvalue weighted by atomic mass is 19.1. The molecular formula is C14H15FN4O. The first-order chi connectivity index (χ1) is 9.63. The van der Waals surface area contributed by atoms with Crippen molar-refractivity contribution in [2.24, 2.45) is 0 Å². The van der Waals surface area contributed by atoms with Crippen molar-refractivity contribution in [3.8, 4) is 0 Å². The third-order valence-corrected chi connectivity index (χ3v) is 3.28. The van der Waals surface area contributed by atoms with E-state index >= 15 is 0 Å². The summed E-state index contributed by atoms with van der Waals surface area (Å²) >= 11 is 0. The number of amides is 1. The third kappa shape index (κ3) is 2.36. The fourth-order valence-electron chi connectivity index (χ4n) is 2.20. The monoisotopic (exact) mass is 274 g/mol. The molecule has 3 rings (SSSR count). The van der Waals surface area contributed by atoms with Gasteiger partial charge < -0.3 is 15.2 Å². The van der Waals surface area contributed by atoms with E-state index in [2.05, 4.69) is 15.6 Å². The van der Waals surface area contributed by atoms with Crippen LogP contribution in [0.5, 0.6) is 0 Å². The number of hydrogen-bond acceptors (Lipinski definition) is 3. The number of halogens is 1. The second-order valence-electron chi connectivity index (χ2n) is 4.84. The van der Waals surface area contributed by atoms with Gasteiger partial charge in [-0.15, -0.1) is 0 Å². The predicted octanol–water partition coefficient (Wildman–Crippen LogP) is 2.40. The Bertz CT molecular complexity index is 642. The molecule has 1 aromatic heterocycles. The van der Waals surface area contributed by atoms with Crippen LogP contribution in [-0.4, -0.2) is 22.0 Å². The number of aromatic nitrogens is 2. The minimum atomic E-state index is -0.292. The Morgan fingerprint density at radius 3 is 3.10 bits per heavy atom. The first kappa shape index (κ1) is 12.7. The number of rotatable bonds is 2. The molecule has 0 saturated heterocycles. The lowest BCUT2D eigenvalue weighted by Gasteiger charge is -2.14. The zero-order chi connectivity index (χ0) is 14.1. The minimum Gasteiger partial charge on any atom is -0.356 e. The molecule has 104 valence electrons. The number of nitrogens with one attached hydrogen (secondary N) is 2. The standard InChI is InChI=1S/C14H15FN4O/c1-9-7-10(3-4-11(9)15)17-13(20)12-8-19-6-2-5-16-14(19)18-12/h3-4,7-8H,2,5-6H2,1H3,(H,16,18)(H,17,20). The highest BCUT2D eigenvalue weighted by molar-refractivity contribution is 6.03. The van der Waals surface area contributed by atoms with Gasteiger partial charge in [-0.25, -0.2) is 9.37 Å². The molecule has 0 spiro atoms. The van der Waals surface area contributed by atoms with Crippen LogP contribution in [0.15, 0.2) is 24.4 Å². The summed E-state index contributed by atoms with van der Waals surface area (Å²) in [7, 11) is 0. The van der Waals surface area contributed by atoms with Crippen LogP contribution in [0, 0.1) is 12.7 Å². The van der Waals surface area contributed by atoms with Crippen LogP contribution in [0.4, 0.5) is 16.0 Å². The van der Waals surface area contributed by atoms with E-state index in [1.165, 1.54) is 12.1 Å². The second kappa shape index (κ2) is 4.96. The number of benzene rings is 1. The lowest BCUT2D eigenvalue weighted by molar-refractivity contribution is 0.102. The maximum atomic E-state index is 13.2. The second-order valence-corrected chi connectivity index (χ2v) is 4.84. The van der Waals surface area contributed by atoms with Crippen LogP contribution < -0.4 is 10.6 Å². The van der Waals surface area contributed by atoms with Gasteiger partial charge in [0.15, 0.2) is 0 Å². The Kier molecular flexibility index (Phi) is 3.14. The zero-order valence-corrected chi connectivity index (χ0v) is 11.1. The van der Waals surface area contributed by atoms with Crippen LogP contribution in [0.2, 0.25) is 0 Å². The quantitative estimate of drug-likeness (QED) is 0.884. The first-order valence-electron chi connectivity index (χ1n) is 6.52. The Morgan fingerprint density at radius 2 is 2.35 bits per heavy atom. The summed E-state index contributed by atoms with van der Waals surface area (Å²) < 4.78 is 15.1. The van der Waals surface area contributed by atoms with Crippen molar-refractivity contribution < 1.29 is 9.18 Å². The van der Waals surface area contributed by atoms with Gasteiger partial charge in [-0.1, -0.05) is 0 Å². The molecule has 20 heavy (non-hydrogen) atoms. The number of anilines is 2. The van der Waals surface area contributed by atoms with E-state index in [-0.39, 0.29) is 11.7 Å². The molecule has 1 amide bonds. The number of hydrogen-bond donors (Lipinski definition) is 2. The van der Waals surface area contributed by atoms with Gasteiger partial charge in [0, 0.05) is 25.0 Å². The van der Waals surface area contributed by atoms with Crippen molar-refractivity contribution in [1.82, 2.24) is 9.55 Å². The molecule has 1 aliphatic heterocycles. The average Bonchev–Trinajstić information content (AvgIpc) is 2.87. The van der Waals surface area contributed by atoms with Crippen molar-refractivity contribution >= 4 is 17.5 Å². The molecule has 2 N–H and O–H groups in total. The maximum Gasteiger partial charge on any atom is 0.275 e. The van der Waals surface area contributed by atoms with Gasteiger partial charge in [0.2, 0.25) is 5.95 Å². The third-order valence-electron chi connectivity index (χ3n) is 3.28. The van der Waals surface area contributed by atoms with E-state index in [1.54, 1.807) is 19.2 Å². The first-order valence-corrected chi connectivity index (χ1v) is 6.52. The summed E-state index contributed by atoms with van der Waals surface area (Å²) in [6.07, 6.45) is 2.74. The molecular weight excluding hydrogens is 259 g/mol. The number of carbonyl (C=O) groups excluding carboxylic acids is 1. The zero-order valence-electron chi connectivity index (χ0n) is 11.1. The molecule has 6 heteroatoms. The van der Waals surface area contributed by atoms with Gasteiger partial charge in [-0.05, 0) is 37.1 Å². The SMILES string of the molecule is Cc1cc(NC(=O)c2cn3c(n2)NCCC3)ccc1F. The molecule has 0 aliphatic carbocycles. The minimum absolute atomic E-state index is 0.287. The summed E-state index contributed by atoms with van der Waals surface area (Å²) in [4.78, 5) is 16.4. The van der Waals surface area contributed by atoms with E-state index in [0.29, 0.717) is 16.9 Å². The van der Waals surface area contributed by atoms with Crippen molar-refractivity contribution in [3.63, 3.8) is 0 Å². The lowest BCUT2D eigenvalue weighted by atomic mass is 10.2. The van der Waals surface area contributed by atoms with Gasteiger partial charge in [0.05, 0.1) is 0 Å². The number of nitrogens with zero attached hydrogens (tertiary/aromatic N) is 2. The van der Waals surface area contributed by atoms with Crippen LogP contribution in [0.25, 0.3) is 0 Å². The lowest BCUT2D eigenvalue weighted by Crippen LogP contribution is -2.16. The molecule has 1 aliphatic rings. The highest BCUT2D eigenvalue weighted by Crippen LogP contribution is 2.17. The molecule has 0 unspecified atom stereocenters. The molecule has 1 aromatic carbocycles. The van der Waals surface area contributed by atoms with Gasteiger partial charge in [0.1, 0.15) is 11.5 Å². The number of aryl methyl sites for hydroxylation is 2. The Balaban J connectivity index is 1.78. The van der Waals surface area contributed by atoms with Gasteiger partial charge in [-0.2, -0.15) is 0 Å². The van der Waals surface area contributed by atoms with E-state index in [4.69, 9.17) is 0 Å². The molecule has 0 radical (unpaired) electrons. The van der Waals surface area contributed by atoms with E-state index in [1.807, 2.05) is 4.57 Å². The van der Waals surface area contributed by atoms with E-state index in [0.717, 1.165) is 25.5 Å². The summed E-state index contributed by atoms with van der Waals surface area (Å²) in [6.45, 7) is 3.39. The van der Waals surface area contributed by atoms with Gasteiger partial charge in [-0.3, -0.25) is 4.79 Å². The number of imidazole rings is 1. The largest absolute Gasteiger partial charge is 0.356 e. The van der Waals surface area contributed by atoms with Crippen molar-refractivity contribution in [2.75, 3.05) is 17.2 Å². The number of carbonyl (C=O) groups is 1. The van der Waals surface area contributed by atoms with Gasteiger partial charge >= 0.3 is 0 Å². The van der Waals surface area contributed by atoms with Crippen LogP contribution in [0.3, 0.4) is 0 Å². The highest BCUT2D eigenvalue weighted by Gasteiger charge is 2.16. The molecule has 0 atom stereocenters. The summed E-state index contributed by atoms with van der Waals surface area (Å²) in [5, 5.41) is 5.87. The Labute approximate surface area is 115 Å². The summed E-state index contributed by atoms with van der Waals surface area (Å²) in [6, 6.07) is 4.47. The average molecular weight is 274 g/mol. The normalized spacial score (nSPS) is 13.5. The molecule has 2 heterocycles. The molecule has 0 fully saturated rings. The van der Waals surface area contributed by atoms with Crippen LogP contribution >= 0.6 is 0 Å².